The van der Waals surface area contributed by atoms with E-state index in [9.17, 15) is 0 Å². The normalized spacial score (nSPS) is 18.9. The summed E-state index contributed by atoms with van der Waals surface area (Å²) in [5.74, 6) is 0.886. The second kappa shape index (κ2) is 3.50. The Morgan fingerprint density at radius 1 is 1.69 bits per heavy atom. The fourth-order valence-electron chi connectivity index (χ4n) is 1.58. The van der Waals surface area contributed by atoms with Gasteiger partial charge in [0.2, 0.25) is 0 Å². The van der Waals surface area contributed by atoms with Crippen LogP contribution < -0.4 is 5.73 Å². The molecule has 1 aliphatic rings. The predicted molar refractivity (Wildman–Crippen MR) is 52.2 cm³/mol. The minimum Gasteiger partial charge on any atom is -0.333 e. The molecule has 1 aromatic heterocycles. The van der Waals surface area contributed by atoms with Gasteiger partial charge in [0, 0.05) is 18.8 Å². The van der Waals surface area contributed by atoms with E-state index >= 15 is 0 Å². The van der Waals surface area contributed by atoms with Crippen LogP contribution in [0, 0.1) is 5.92 Å². The summed E-state index contributed by atoms with van der Waals surface area (Å²) in [6.45, 7) is 3.22. The lowest BCUT2D eigenvalue weighted by Gasteiger charge is -2.12. The highest BCUT2D eigenvalue weighted by atomic mass is 15.1. The second-order valence-corrected chi connectivity index (χ2v) is 3.93. The van der Waals surface area contributed by atoms with Crippen LogP contribution >= 0.6 is 0 Å². The van der Waals surface area contributed by atoms with E-state index in [1.54, 1.807) is 0 Å². The summed E-state index contributed by atoms with van der Waals surface area (Å²) in [7, 11) is 0. The zero-order valence-electron chi connectivity index (χ0n) is 8.11. The molecule has 2 rings (SSSR count). The molecule has 1 heterocycles. The quantitative estimate of drug-likeness (QED) is 0.764. The molecule has 1 saturated carbocycles. The minimum absolute atomic E-state index is 0.154. The third kappa shape index (κ3) is 1.91. The highest BCUT2D eigenvalue weighted by Crippen LogP contribution is 2.31. The largest absolute Gasteiger partial charge is 0.333 e. The van der Waals surface area contributed by atoms with E-state index in [1.165, 1.54) is 18.5 Å². The Kier molecular flexibility index (Phi) is 2.36. The minimum atomic E-state index is 0.154. The van der Waals surface area contributed by atoms with Gasteiger partial charge in [0.05, 0.1) is 12.0 Å². The third-order valence-electron chi connectivity index (χ3n) is 2.72. The van der Waals surface area contributed by atoms with Crippen LogP contribution in [-0.2, 0) is 6.54 Å². The van der Waals surface area contributed by atoms with Crippen molar-refractivity contribution in [2.24, 2.45) is 11.7 Å². The zero-order chi connectivity index (χ0) is 9.26. The Balaban J connectivity index is 2.09. The van der Waals surface area contributed by atoms with Crippen molar-refractivity contribution >= 4 is 0 Å². The Morgan fingerprint density at radius 3 is 3.08 bits per heavy atom. The van der Waals surface area contributed by atoms with Gasteiger partial charge >= 0.3 is 0 Å². The first-order valence-corrected chi connectivity index (χ1v) is 5.07. The van der Waals surface area contributed by atoms with E-state index in [1.807, 2.05) is 12.5 Å². The first-order chi connectivity index (χ1) is 6.31. The maximum Gasteiger partial charge on any atom is 0.0948 e. The van der Waals surface area contributed by atoms with Gasteiger partial charge in [-0.3, -0.25) is 0 Å². The van der Waals surface area contributed by atoms with Gasteiger partial charge in [0.25, 0.3) is 0 Å². The van der Waals surface area contributed by atoms with Gasteiger partial charge in [-0.1, -0.05) is 6.92 Å². The lowest BCUT2D eigenvalue weighted by atomic mass is 10.2. The van der Waals surface area contributed by atoms with Gasteiger partial charge in [0.15, 0.2) is 0 Å². The summed E-state index contributed by atoms with van der Waals surface area (Å²) in [4.78, 5) is 4.15. The van der Waals surface area contributed by atoms with Gasteiger partial charge in [0.1, 0.15) is 0 Å². The average Bonchev–Trinajstić information content (AvgIpc) is 2.82. The number of aromatic nitrogens is 2. The van der Waals surface area contributed by atoms with Crippen molar-refractivity contribution in [2.75, 3.05) is 0 Å². The van der Waals surface area contributed by atoms with Crippen LogP contribution in [0.1, 0.15) is 37.9 Å². The highest BCUT2D eigenvalue weighted by Gasteiger charge is 2.23. The summed E-state index contributed by atoms with van der Waals surface area (Å²) >= 11 is 0. The van der Waals surface area contributed by atoms with Crippen LogP contribution in [0.15, 0.2) is 12.5 Å². The topological polar surface area (TPSA) is 43.8 Å². The van der Waals surface area contributed by atoms with Crippen LogP contribution in [0.2, 0.25) is 0 Å². The molecule has 1 atom stereocenters. The number of nitrogens with zero attached hydrogens (tertiary/aromatic N) is 2. The zero-order valence-corrected chi connectivity index (χ0v) is 8.11. The molecule has 0 saturated heterocycles. The Morgan fingerprint density at radius 2 is 2.46 bits per heavy atom. The summed E-state index contributed by atoms with van der Waals surface area (Å²) < 4.78 is 2.21. The van der Waals surface area contributed by atoms with Crippen molar-refractivity contribution in [3.05, 3.63) is 18.2 Å². The average molecular weight is 179 g/mol. The van der Waals surface area contributed by atoms with E-state index in [2.05, 4.69) is 16.5 Å². The first kappa shape index (κ1) is 8.75. The summed E-state index contributed by atoms with van der Waals surface area (Å²) in [5, 5.41) is 0. The Labute approximate surface area is 79.0 Å². The van der Waals surface area contributed by atoms with Crippen molar-refractivity contribution in [1.82, 2.24) is 9.55 Å². The molecule has 72 valence electrons. The number of rotatable bonds is 4. The molecule has 1 aliphatic carbocycles. The molecule has 0 spiro atoms. The van der Waals surface area contributed by atoms with E-state index in [-0.39, 0.29) is 6.04 Å². The molecular weight excluding hydrogens is 162 g/mol. The van der Waals surface area contributed by atoms with Crippen LogP contribution in [0.4, 0.5) is 0 Å². The molecule has 1 aromatic rings. The molecule has 13 heavy (non-hydrogen) atoms. The Bertz CT molecular complexity index is 275. The number of hydrogen-bond donors (Lipinski definition) is 1. The van der Waals surface area contributed by atoms with Crippen LogP contribution in [0.25, 0.3) is 0 Å². The molecular formula is C10H17N3. The van der Waals surface area contributed by atoms with Gasteiger partial charge in [-0.05, 0) is 25.2 Å². The molecule has 0 aromatic carbocycles. The fraction of sp³-hybridized carbons (Fsp3) is 0.700. The maximum absolute atomic E-state index is 5.97. The van der Waals surface area contributed by atoms with Crippen molar-refractivity contribution in [3.8, 4) is 0 Å². The highest BCUT2D eigenvalue weighted by molar-refractivity contribution is 5.04. The summed E-state index contributed by atoms with van der Waals surface area (Å²) in [6, 6.07) is 0.154. The molecule has 2 N–H and O–H groups in total. The molecule has 0 bridgehead atoms. The standard InChI is InChI=1S/C10H17N3/c1-2-9(11)10-5-12-7-13(10)6-8-3-4-8/h5,7-9H,2-4,6,11H2,1H3/t9-/m1/s1. The SMILES string of the molecule is CC[C@@H](N)c1cncn1CC1CC1. The Hall–Kier alpha value is -0.830. The molecule has 1 fully saturated rings. The van der Waals surface area contributed by atoms with Gasteiger partial charge in [-0.15, -0.1) is 0 Å². The van der Waals surface area contributed by atoms with E-state index in [0.29, 0.717) is 0 Å². The van der Waals surface area contributed by atoms with E-state index in [0.717, 1.165) is 18.9 Å². The van der Waals surface area contributed by atoms with Gasteiger partial charge < -0.3 is 10.3 Å². The predicted octanol–water partition coefficient (Wildman–Crippen LogP) is 1.70. The smallest absolute Gasteiger partial charge is 0.0948 e. The molecule has 0 aliphatic heterocycles. The maximum atomic E-state index is 5.97. The molecule has 3 nitrogen and oxygen atoms in total. The molecule has 0 unspecified atom stereocenters. The van der Waals surface area contributed by atoms with Crippen LogP contribution in [-0.4, -0.2) is 9.55 Å². The lowest BCUT2D eigenvalue weighted by molar-refractivity contribution is 0.557. The van der Waals surface area contributed by atoms with Gasteiger partial charge in [-0.25, -0.2) is 4.98 Å². The van der Waals surface area contributed by atoms with Crippen LogP contribution in [0.5, 0.6) is 0 Å². The summed E-state index contributed by atoms with van der Waals surface area (Å²) in [6.07, 6.45) is 7.54. The second-order valence-electron chi connectivity index (χ2n) is 3.93. The monoisotopic (exact) mass is 179 g/mol. The van der Waals surface area contributed by atoms with Crippen molar-refractivity contribution < 1.29 is 0 Å². The van der Waals surface area contributed by atoms with Crippen molar-refractivity contribution in [2.45, 2.75) is 38.8 Å². The molecule has 0 amide bonds. The first-order valence-electron chi connectivity index (χ1n) is 5.07. The van der Waals surface area contributed by atoms with Gasteiger partial charge in [-0.2, -0.15) is 0 Å². The summed E-state index contributed by atoms with van der Waals surface area (Å²) in [5.41, 5.74) is 7.16. The lowest BCUT2D eigenvalue weighted by Crippen LogP contribution is -2.14. The molecule has 0 radical (unpaired) electrons. The number of imidazole rings is 1. The van der Waals surface area contributed by atoms with E-state index in [4.69, 9.17) is 5.73 Å². The number of hydrogen-bond acceptors (Lipinski definition) is 2. The molecule has 3 heteroatoms. The van der Waals surface area contributed by atoms with Crippen LogP contribution in [0.3, 0.4) is 0 Å². The van der Waals surface area contributed by atoms with Crippen molar-refractivity contribution in [1.29, 1.82) is 0 Å². The van der Waals surface area contributed by atoms with Crippen molar-refractivity contribution in [3.63, 3.8) is 0 Å². The van der Waals surface area contributed by atoms with E-state index < -0.39 is 0 Å². The number of nitrogens with two attached hydrogens (primary N) is 1. The fourth-order valence-corrected chi connectivity index (χ4v) is 1.58. The third-order valence-corrected chi connectivity index (χ3v) is 2.72.